The van der Waals surface area contributed by atoms with Crippen molar-refractivity contribution in [3.8, 4) is 0 Å². The number of hydrogen-bond acceptors (Lipinski definition) is 3. The average molecular weight is 309 g/mol. The first kappa shape index (κ1) is 17.3. The molecule has 0 aliphatic carbocycles. The molecule has 2 fully saturated rings. The molecule has 0 aromatic heterocycles. The zero-order valence-corrected chi connectivity index (χ0v) is 14.0. The normalized spacial score (nSPS) is 24.1. The van der Waals surface area contributed by atoms with E-state index < -0.39 is 0 Å². The molecule has 2 heterocycles. The van der Waals surface area contributed by atoms with E-state index in [4.69, 9.17) is 0 Å². The van der Waals surface area contributed by atoms with Gasteiger partial charge in [-0.25, -0.2) is 0 Å². The SMILES string of the molecule is CC1CCCCN1CC(=O)NCCCN1CCCCCC1=O. The van der Waals surface area contributed by atoms with Crippen molar-refractivity contribution >= 4 is 11.8 Å². The Balaban J connectivity index is 1.59. The monoisotopic (exact) mass is 309 g/mol. The van der Waals surface area contributed by atoms with Crippen LogP contribution in [-0.2, 0) is 9.59 Å². The lowest BCUT2D eigenvalue weighted by molar-refractivity contribution is -0.130. The van der Waals surface area contributed by atoms with E-state index in [0.29, 0.717) is 25.6 Å². The molecular weight excluding hydrogens is 278 g/mol. The van der Waals surface area contributed by atoms with E-state index in [-0.39, 0.29) is 11.8 Å². The number of nitrogens with one attached hydrogen (secondary N) is 1. The van der Waals surface area contributed by atoms with Crippen LogP contribution in [0.3, 0.4) is 0 Å². The summed E-state index contributed by atoms with van der Waals surface area (Å²) < 4.78 is 0. The van der Waals surface area contributed by atoms with E-state index in [1.165, 1.54) is 19.3 Å². The first-order chi connectivity index (χ1) is 10.7. The molecule has 5 nitrogen and oxygen atoms in total. The highest BCUT2D eigenvalue weighted by Gasteiger charge is 2.20. The Hall–Kier alpha value is -1.10. The van der Waals surface area contributed by atoms with Crippen molar-refractivity contribution in [2.75, 3.05) is 32.7 Å². The van der Waals surface area contributed by atoms with E-state index in [1.54, 1.807) is 0 Å². The van der Waals surface area contributed by atoms with Crippen molar-refractivity contribution in [3.05, 3.63) is 0 Å². The van der Waals surface area contributed by atoms with Gasteiger partial charge in [0.2, 0.25) is 11.8 Å². The fourth-order valence-electron chi connectivity index (χ4n) is 3.41. The van der Waals surface area contributed by atoms with Crippen LogP contribution in [0.4, 0.5) is 0 Å². The molecule has 0 aromatic rings. The van der Waals surface area contributed by atoms with Gasteiger partial charge in [0.15, 0.2) is 0 Å². The van der Waals surface area contributed by atoms with Crippen LogP contribution in [0.15, 0.2) is 0 Å². The van der Waals surface area contributed by atoms with E-state index in [9.17, 15) is 9.59 Å². The maximum atomic E-state index is 12.0. The highest BCUT2D eigenvalue weighted by molar-refractivity contribution is 5.78. The highest BCUT2D eigenvalue weighted by Crippen LogP contribution is 2.15. The molecule has 2 rings (SSSR count). The summed E-state index contributed by atoms with van der Waals surface area (Å²) in [7, 11) is 0. The molecule has 0 bridgehead atoms. The van der Waals surface area contributed by atoms with Crippen LogP contribution in [0.5, 0.6) is 0 Å². The molecule has 2 amide bonds. The van der Waals surface area contributed by atoms with Crippen LogP contribution in [0.1, 0.15) is 58.3 Å². The summed E-state index contributed by atoms with van der Waals surface area (Å²) >= 11 is 0. The minimum Gasteiger partial charge on any atom is -0.355 e. The van der Waals surface area contributed by atoms with Crippen molar-refractivity contribution in [1.82, 2.24) is 15.1 Å². The summed E-state index contributed by atoms with van der Waals surface area (Å²) in [6, 6.07) is 0.522. The van der Waals surface area contributed by atoms with Gasteiger partial charge >= 0.3 is 0 Å². The van der Waals surface area contributed by atoms with Crippen molar-refractivity contribution in [1.29, 1.82) is 0 Å². The maximum absolute atomic E-state index is 12.0. The van der Waals surface area contributed by atoms with E-state index in [1.807, 2.05) is 4.90 Å². The van der Waals surface area contributed by atoms with Crippen LogP contribution in [0.25, 0.3) is 0 Å². The van der Waals surface area contributed by atoms with Crippen molar-refractivity contribution in [2.24, 2.45) is 0 Å². The van der Waals surface area contributed by atoms with E-state index in [0.717, 1.165) is 45.3 Å². The topological polar surface area (TPSA) is 52.7 Å². The molecule has 1 atom stereocenters. The first-order valence-electron chi connectivity index (χ1n) is 8.95. The van der Waals surface area contributed by atoms with Crippen LogP contribution in [-0.4, -0.2) is 60.4 Å². The fourth-order valence-corrected chi connectivity index (χ4v) is 3.41. The van der Waals surface area contributed by atoms with Gasteiger partial charge in [0.1, 0.15) is 0 Å². The predicted octanol–water partition coefficient (Wildman–Crippen LogP) is 1.77. The molecule has 126 valence electrons. The number of rotatable bonds is 6. The second kappa shape index (κ2) is 9.13. The summed E-state index contributed by atoms with van der Waals surface area (Å²) in [6.07, 6.45) is 8.53. The molecule has 5 heteroatoms. The molecule has 2 aliphatic heterocycles. The third kappa shape index (κ3) is 5.59. The quantitative estimate of drug-likeness (QED) is 0.761. The Morgan fingerprint density at radius 1 is 1.18 bits per heavy atom. The summed E-state index contributed by atoms with van der Waals surface area (Å²) in [6.45, 7) is 6.10. The zero-order valence-electron chi connectivity index (χ0n) is 14.0. The maximum Gasteiger partial charge on any atom is 0.234 e. The van der Waals surface area contributed by atoms with E-state index in [2.05, 4.69) is 17.1 Å². The second-order valence-corrected chi connectivity index (χ2v) is 6.71. The van der Waals surface area contributed by atoms with E-state index >= 15 is 0 Å². The molecular formula is C17H31N3O2. The highest BCUT2D eigenvalue weighted by atomic mass is 16.2. The lowest BCUT2D eigenvalue weighted by atomic mass is 10.0. The Labute approximate surface area is 134 Å². The van der Waals surface area contributed by atoms with Crippen molar-refractivity contribution in [3.63, 3.8) is 0 Å². The fraction of sp³-hybridized carbons (Fsp3) is 0.882. The third-order valence-corrected chi connectivity index (χ3v) is 4.89. The lowest BCUT2D eigenvalue weighted by Crippen LogP contribution is -2.44. The molecule has 2 saturated heterocycles. The largest absolute Gasteiger partial charge is 0.355 e. The lowest BCUT2D eigenvalue weighted by Gasteiger charge is -2.32. The van der Waals surface area contributed by atoms with Gasteiger partial charge in [-0.3, -0.25) is 14.5 Å². The third-order valence-electron chi connectivity index (χ3n) is 4.89. The second-order valence-electron chi connectivity index (χ2n) is 6.71. The summed E-state index contributed by atoms with van der Waals surface area (Å²) in [5.41, 5.74) is 0. The number of amides is 2. The molecule has 0 saturated carbocycles. The molecule has 0 aromatic carbocycles. The van der Waals surface area contributed by atoms with Crippen LogP contribution >= 0.6 is 0 Å². The summed E-state index contributed by atoms with van der Waals surface area (Å²) in [4.78, 5) is 28.1. The predicted molar refractivity (Wildman–Crippen MR) is 87.6 cm³/mol. The smallest absolute Gasteiger partial charge is 0.234 e. The van der Waals surface area contributed by atoms with Crippen LogP contribution in [0, 0.1) is 0 Å². The summed E-state index contributed by atoms with van der Waals surface area (Å²) in [5, 5.41) is 3.00. The van der Waals surface area contributed by atoms with Gasteiger partial charge in [-0.1, -0.05) is 12.8 Å². The van der Waals surface area contributed by atoms with Gasteiger partial charge in [0, 0.05) is 32.1 Å². The Kier molecular flexibility index (Phi) is 7.16. The van der Waals surface area contributed by atoms with Crippen LogP contribution in [0.2, 0.25) is 0 Å². The van der Waals surface area contributed by atoms with Gasteiger partial charge in [-0.15, -0.1) is 0 Å². The molecule has 22 heavy (non-hydrogen) atoms. The number of likely N-dealkylation sites (tertiary alicyclic amines) is 2. The van der Waals surface area contributed by atoms with Gasteiger partial charge in [-0.2, -0.15) is 0 Å². The van der Waals surface area contributed by atoms with Crippen molar-refractivity contribution in [2.45, 2.75) is 64.3 Å². The van der Waals surface area contributed by atoms with Gasteiger partial charge in [-0.05, 0) is 45.6 Å². The molecule has 0 spiro atoms. The molecule has 0 radical (unpaired) electrons. The molecule has 2 aliphatic rings. The Bertz CT molecular complexity index is 373. The van der Waals surface area contributed by atoms with Crippen LogP contribution < -0.4 is 5.32 Å². The zero-order chi connectivity index (χ0) is 15.8. The Morgan fingerprint density at radius 2 is 2.00 bits per heavy atom. The standard InChI is InChI=1S/C17H31N3O2/c1-15-8-4-6-12-20(15)14-16(21)18-10-7-13-19-11-5-2-3-9-17(19)22/h15H,2-14H2,1H3,(H,18,21). The number of hydrogen-bond donors (Lipinski definition) is 1. The average Bonchev–Trinajstić information content (AvgIpc) is 2.71. The minimum atomic E-state index is 0.121. The number of nitrogens with zero attached hydrogens (tertiary/aromatic N) is 2. The van der Waals surface area contributed by atoms with Gasteiger partial charge in [0.25, 0.3) is 0 Å². The van der Waals surface area contributed by atoms with Crippen molar-refractivity contribution < 1.29 is 9.59 Å². The number of carbonyl (C=O) groups is 2. The minimum absolute atomic E-state index is 0.121. The molecule has 1 N–H and O–H groups in total. The number of carbonyl (C=O) groups excluding carboxylic acids is 2. The number of piperidine rings is 1. The Morgan fingerprint density at radius 3 is 2.82 bits per heavy atom. The summed E-state index contributed by atoms with van der Waals surface area (Å²) in [5.74, 6) is 0.405. The van der Waals surface area contributed by atoms with Gasteiger partial charge in [0.05, 0.1) is 6.54 Å². The first-order valence-corrected chi connectivity index (χ1v) is 8.95. The molecule has 1 unspecified atom stereocenters. The van der Waals surface area contributed by atoms with Gasteiger partial charge < -0.3 is 10.2 Å².